The highest BCUT2D eigenvalue weighted by Crippen LogP contribution is 2.15. The Balaban J connectivity index is 0.000000214. The van der Waals surface area contributed by atoms with Gasteiger partial charge in [0.1, 0.15) is 17.9 Å². The van der Waals surface area contributed by atoms with E-state index in [1.54, 1.807) is 7.05 Å². The van der Waals surface area contributed by atoms with Gasteiger partial charge in [-0.3, -0.25) is 0 Å². The van der Waals surface area contributed by atoms with Gasteiger partial charge in [0.2, 0.25) is 23.8 Å². The van der Waals surface area contributed by atoms with Crippen molar-refractivity contribution >= 4 is 29.5 Å². The number of hydrogen-bond acceptors (Lipinski definition) is 12. The fraction of sp³-hybridized carbons (Fsp3) is 0.314. The molecule has 12 nitrogen and oxygen atoms in total. The van der Waals surface area contributed by atoms with Crippen LogP contribution >= 0.6 is 0 Å². The third-order valence-electron chi connectivity index (χ3n) is 6.51. The van der Waals surface area contributed by atoms with E-state index in [-0.39, 0.29) is 6.23 Å². The molecule has 0 radical (unpaired) electrons. The zero-order chi connectivity index (χ0) is 33.1. The Kier molecular flexibility index (Phi) is 14.3. The van der Waals surface area contributed by atoms with Crippen LogP contribution < -0.4 is 21.3 Å². The van der Waals surface area contributed by atoms with E-state index >= 15 is 0 Å². The summed E-state index contributed by atoms with van der Waals surface area (Å²) in [6.07, 6.45) is 1.14. The van der Waals surface area contributed by atoms with Gasteiger partial charge in [-0.2, -0.15) is 29.9 Å². The molecular weight excluding hydrogens is 592 g/mol. The van der Waals surface area contributed by atoms with Gasteiger partial charge in [0.25, 0.3) is 0 Å². The number of nitrogens with zero attached hydrogens (tertiary/aromatic N) is 6. The van der Waals surface area contributed by atoms with Crippen LogP contribution in [-0.2, 0) is 22.3 Å². The summed E-state index contributed by atoms with van der Waals surface area (Å²) in [7, 11) is 1.80. The summed E-state index contributed by atoms with van der Waals surface area (Å²) < 4.78 is 10.8. The van der Waals surface area contributed by atoms with Gasteiger partial charge in [0, 0.05) is 45.3 Å². The molecule has 0 spiro atoms. The number of benzene rings is 3. The van der Waals surface area contributed by atoms with Crippen molar-refractivity contribution in [2.75, 3.05) is 54.7 Å². The number of para-hydroxylation sites is 1. The Morgan fingerprint density at radius 2 is 1.15 bits per heavy atom. The van der Waals surface area contributed by atoms with Crippen molar-refractivity contribution in [3.63, 3.8) is 0 Å². The predicted octanol–water partition coefficient (Wildman–Crippen LogP) is 5.95. The summed E-state index contributed by atoms with van der Waals surface area (Å²) in [4.78, 5) is 26.7. The van der Waals surface area contributed by atoms with Crippen molar-refractivity contribution in [1.29, 1.82) is 0 Å². The number of aromatic nitrogens is 6. The van der Waals surface area contributed by atoms with E-state index in [2.05, 4.69) is 75.4 Å². The minimum absolute atomic E-state index is 0.173. The first-order valence-corrected chi connectivity index (χ1v) is 15.8. The summed E-state index contributed by atoms with van der Waals surface area (Å²) >= 11 is 0. The average molecular weight is 637 g/mol. The molecular formula is C35H44N10O2. The van der Waals surface area contributed by atoms with E-state index in [4.69, 9.17) is 9.47 Å². The molecule has 2 aromatic heterocycles. The Labute approximate surface area is 276 Å². The van der Waals surface area contributed by atoms with Crippen LogP contribution in [0.1, 0.15) is 43.5 Å². The van der Waals surface area contributed by atoms with Crippen LogP contribution in [-0.4, -0.2) is 69.5 Å². The first kappa shape index (κ1) is 34.7. The van der Waals surface area contributed by atoms with Crippen LogP contribution in [0, 0.1) is 0 Å². The largest absolute Gasteiger partial charge is 0.380 e. The van der Waals surface area contributed by atoms with Gasteiger partial charge >= 0.3 is 0 Å². The molecule has 0 aliphatic carbocycles. The van der Waals surface area contributed by atoms with E-state index in [0.717, 1.165) is 17.1 Å². The summed E-state index contributed by atoms with van der Waals surface area (Å²) in [6.45, 7) is 8.40. The third-order valence-corrected chi connectivity index (χ3v) is 6.51. The third kappa shape index (κ3) is 12.6. The highest BCUT2D eigenvalue weighted by atomic mass is 16.5. The number of anilines is 5. The van der Waals surface area contributed by atoms with Crippen LogP contribution in [0.15, 0.2) is 91.0 Å². The first-order valence-electron chi connectivity index (χ1n) is 15.8. The highest BCUT2D eigenvalue weighted by molar-refractivity contribution is 5.53. The van der Waals surface area contributed by atoms with E-state index in [1.165, 1.54) is 5.56 Å². The van der Waals surface area contributed by atoms with Gasteiger partial charge in [0.05, 0.1) is 6.61 Å². The fourth-order valence-electron chi connectivity index (χ4n) is 4.37. The lowest BCUT2D eigenvalue weighted by molar-refractivity contribution is 0.0955. The van der Waals surface area contributed by atoms with Gasteiger partial charge in [-0.1, -0.05) is 78.9 Å². The predicted molar refractivity (Wildman–Crippen MR) is 187 cm³/mol. The maximum atomic E-state index is 5.50. The molecule has 5 rings (SSSR count). The number of ether oxygens (including phenoxy) is 2. The van der Waals surface area contributed by atoms with Gasteiger partial charge in [-0.05, 0) is 44.0 Å². The lowest BCUT2D eigenvalue weighted by atomic mass is 10.1. The smallest absolute Gasteiger partial charge is 0.232 e. The summed E-state index contributed by atoms with van der Waals surface area (Å²) in [5.41, 5.74) is 3.26. The number of hydrogen-bond donors (Lipinski definition) is 4. The molecule has 0 aliphatic heterocycles. The zero-order valence-corrected chi connectivity index (χ0v) is 27.5. The molecule has 0 fully saturated rings. The van der Waals surface area contributed by atoms with Crippen molar-refractivity contribution in [2.45, 2.75) is 39.8 Å². The Morgan fingerprint density at radius 1 is 0.617 bits per heavy atom. The molecule has 1 atom stereocenters. The molecule has 0 bridgehead atoms. The fourth-order valence-corrected chi connectivity index (χ4v) is 4.37. The minimum Gasteiger partial charge on any atom is -0.380 e. The molecule has 0 aliphatic rings. The van der Waals surface area contributed by atoms with E-state index in [9.17, 15) is 0 Å². The molecule has 0 amide bonds. The average Bonchev–Trinajstić information content (AvgIpc) is 3.08. The van der Waals surface area contributed by atoms with E-state index in [1.807, 2.05) is 87.5 Å². The van der Waals surface area contributed by atoms with Crippen molar-refractivity contribution in [3.8, 4) is 0 Å². The van der Waals surface area contributed by atoms with Crippen molar-refractivity contribution < 1.29 is 9.47 Å². The molecule has 47 heavy (non-hydrogen) atoms. The molecule has 246 valence electrons. The molecule has 5 aromatic rings. The van der Waals surface area contributed by atoms with Crippen molar-refractivity contribution in [3.05, 3.63) is 114 Å². The lowest BCUT2D eigenvalue weighted by Crippen LogP contribution is -2.22. The van der Waals surface area contributed by atoms with Gasteiger partial charge in [-0.15, -0.1) is 0 Å². The van der Waals surface area contributed by atoms with Gasteiger partial charge < -0.3 is 30.7 Å². The molecule has 2 heterocycles. The second kappa shape index (κ2) is 19.3. The van der Waals surface area contributed by atoms with Crippen LogP contribution in [0.3, 0.4) is 0 Å². The zero-order valence-electron chi connectivity index (χ0n) is 27.5. The summed E-state index contributed by atoms with van der Waals surface area (Å²) in [5, 5.41) is 12.5. The molecule has 3 aromatic carbocycles. The van der Waals surface area contributed by atoms with Gasteiger partial charge in [0.15, 0.2) is 0 Å². The second-order valence-corrected chi connectivity index (χ2v) is 10.2. The molecule has 0 saturated heterocycles. The van der Waals surface area contributed by atoms with E-state index in [0.29, 0.717) is 68.8 Å². The van der Waals surface area contributed by atoms with Crippen LogP contribution in [0.2, 0.25) is 0 Å². The Bertz CT molecular complexity index is 1540. The normalized spacial score (nSPS) is 11.1. The topological polar surface area (TPSA) is 144 Å². The van der Waals surface area contributed by atoms with Crippen LogP contribution in [0.5, 0.6) is 0 Å². The molecule has 0 saturated carbocycles. The Morgan fingerprint density at radius 3 is 1.72 bits per heavy atom. The van der Waals surface area contributed by atoms with Crippen LogP contribution in [0.25, 0.3) is 0 Å². The number of rotatable bonds is 16. The SMILES string of the molecule is CCOCCNc1nc(Cc2ccccc2)nc(NC(C)OCC)n1.CNc1nc(Cc2ccccc2)nc(Nc2ccccc2)n1. The minimum atomic E-state index is -0.173. The van der Waals surface area contributed by atoms with Crippen molar-refractivity contribution in [2.24, 2.45) is 0 Å². The van der Waals surface area contributed by atoms with Crippen LogP contribution in [0.4, 0.5) is 29.5 Å². The highest BCUT2D eigenvalue weighted by Gasteiger charge is 2.10. The lowest BCUT2D eigenvalue weighted by Gasteiger charge is -2.15. The maximum absolute atomic E-state index is 5.50. The summed E-state index contributed by atoms with van der Waals surface area (Å²) in [6, 6.07) is 30.1. The second-order valence-electron chi connectivity index (χ2n) is 10.2. The number of nitrogens with one attached hydrogen (secondary N) is 4. The van der Waals surface area contributed by atoms with Crippen molar-refractivity contribution in [1.82, 2.24) is 29.9 Å². The molecule has 1 unspecified atom stereocenters. The first-order chi connectivity index (χ1) is 23.0. The van der Waals surface area contributed by atoms with E-state index < -0.39 is 0 Å². The maximum Gasteiger partial charge on any atom is 0.232 e. The summed E-state index contributed by atoms with van der Waals surface area (Å²) in [5.74, 6) is 3.55. The quantitative estimate of drug-likeness (QED) is 0.0750. The van der Waals surface area contributed by atoms with Gasteiger partial charge in [-0.25, -0.2) is 0 Å². The molecule has 12 heteroatoms. The monoisotopic (exact) mass is 636 g/mol. The standard InChI is InChI=1S/C18H27N5O2.C17H17N5/c1-4-24-12-11-19-17-21-16(13-15-9-7-6-8-10-15)22-18(23-17)20-14(3)25-5-2;1-18-16-20-15(12-13-8-4-2-5-9-13)21-17(22-16)19-14-10-6-3-7-11-14/h6-10,14H,4-5,11-13H2,1-3H3,(H2,19,20,21,22,23);2-11H,12H2,1H3,(H2,18,19,20,21,22). The molecule has 4 N–H and O–H groups in total. The Hall–Kier alpha value is -5.20.